The van der Waals surface area contributed by atoms with Crippen LogP contribution in [0, 0.1) is 0 Å². The summed E-state index contributed by atoms with van der Waals surface area (Å²) >= 11 is 0. The first-order valence-corrected chi connectivity index (χ1v) is 6.29. The first-order valence-electron chi connectivity index (χ1n) is 6.29. The Kier molecular flexibility index (Phi) is 3.99. The van der Waals surface area contributed by atoms with Gasteiger partial charge in [0.25, 0.3) is 0 Å². The van der Waals surface area contributed by atoms with Crippen LogP contribution in [0.1, 0.15) is 18.9 Å². The van der Waals surface area contributed by atoms with Gasteiger partial charge in [-0.2, -0.15) is 0 Å². The predicted molar refractivity (Wildman–Crippen MR) is 73.1 cm³/mol. The zero-order chi connectivity index (χ0) is 13.0. The zero-order valence-electron chi connectivity index (χ0n) is 10.6. The molecule has 0 saturated heterocycles. The van der Waals surface area contributed by atoms with Crippen molar-refractivity contribution in [2.24, 2.45) is 5.73 Å². The molecule has 4 nitrogen and oxygen atoms in total. The Labute approximate surface area is 107 Å². The number of carbonyl (C=O) groups excluding carboxylic acids is 1. The van der Waals surface area contributed by atoms with Crippen molar-refractivity contribution in [2.45, 2.75) is 26.4 Å². The molecule has 0 aliphatic heterocycles. The fourth-order valence-electron chi connectivity index (χ4n) is 2.09. The second-order valence-electron chi connectivity index (χ2n) is 4.35. The number of rotatable bonds is 5. The number of nitrogens with zero attached hydrogens (tertiary/aromatic N) is 1. The lowest BCUT2D eigenvalue weighted by atomic mass is 10.2. The van der Waals surface area contributed by atoms with Gasteiger partial charge in [-0.25, -0.2) is 0 Å². The van der Waals surface area contributed by atoms with Gasteiger partial charge in [0.2, 0.25) is 5.91 Å². The van der Waals surface area contributed by atoms with Gasteiger partial charge in [-0.05, 0) is 18.1 Å². The van der Waals surface area contributed by atoms with E-state index in [4.69, 9.17) is 5.73 Å². The molecule has 18 heavy (non-hydrogen) atoms. The highest BCUT2D eigenvalue weighted by Crippen LogP contribution is 2.20. The topological polar surface area (TPSA) is 60.0 Å². The summed E-state index contributed by atoms with van der Waals surface area (Å²) in [5, 5.41) is 4.01. The Morgan fingerprint density at radius 1 is 1.39 bits per heavy atom. The van der Waals surface area contributed by atoms with Gasteiger partial charge in [-0.1, -0.05) is 25.1 Å². The van der Waals surface area contributed by atoms with Crippen molar-refractivity contribution in [3.8, 4) is 0 Å². The molecule has 1 amide bonds. The molecule has 0 fully saturated rings. The van der Waals surface area contributed by atoms with Gasteiger partial charge in [-0.3, -0.25) is 4.79 Å². The summed E-state index contributed by atoms with van der Waals surface area (Å²) in [4.78, 5) is 11.7. The van der Waals surface area contributed by atoms with E-state index in [1.165, 1.54) is 0 Å². The van der Waals surface area contributed by atoms with Gasteiger partial charge >= 0.3 is 0 Å². The van der Waals surface area contributed by atoms with Crippen molar-refractivity contribution in [2.75, 3.05) is 6.54 Å². The van der Waals surface area contributed by atoms with E-state index in [9.17, 15) is 4.79 Å². The number of hydrogen-bond donors (Lipinski definition) is 2. The molecule has 1 aromatic carbocycles. The Morgan fingerprint density at radius 3 is 2.89 bits per heavy atom. The molecule has 0 saturated carbocycles. The van der Waals surface area contributed by atoms with Crippen LogP contribution in [0.15, 0.2) is 30.5 Å². The van der Waals surface area contributed by atoms with Gasteiger partial charge in [0.1, 0.15) is 6.54 Å². The normalized spacial score (nSPS) is 10.8. The molecule has 0 aliphatic carbocycles. The lowest BCUT2D eigenvalue weighted by Gasteiger charge is -2.06. The number of amides is 1. The molecule has 2 rings (SSSR count). The molecular formula is C14H19N3O. The highest BCUT2D eigenvalue weighted by Gasteiger charge is 2.09. The van der Waals surface area contributed by atoms with Crippen LogP contribution in [0.3, 0.4) is 0 Å². The molecule has 0 radical (unpaired) electrons. The van der Waals surface area contributed by atoms with Crippen molar-refractivity contribution in [3.05, 3.63) is 36.0 Å². The number of nitrogens with one attached hydrogen (secondary N) is 1. The van der Waals surface area contributed by atoms with E-state index in [0.717, 1.165) is 29.4 Å². The number of fused-ring (bicyclic) bond motifs is 1. The van der Waals surface area contributed by atoms with Crippen LogP contribution >= 0.6 is 0 Å². The molecular weight excluding hydrogens is 226 g/mol. The largest absolute Gasteiger partial charge is 0.355 e. The standard InChI is InChI=1S/C14H19N3O/c1-2-7-16-14(18)10-17-9-11(8-15)12-5-3-4-6-13(12)17/h3-6,9H,2,7-8,10,15H2,1H3,(H,16,18). The smallest absolute Gasteiger partial charge is 0.239 e. The first-order chi connectivity index (χ1) is 8.76. The van der Waals surface area contributed by atoms with Gasteiger partial charge < -0.3 is 15.6 Å². The number of benzene rings is 1. The quantitative estimate of drug-likeness (QED) is 0.841. The third-order valence-electron chi connectivity index (χ3n) is 2.98. The molecule has 3 N–H and O–H groups in total. The lowest BCUT2D eigenvalue weighted by Crippen LogP contribution is -2.27. The highest BCUT2D eigenvalue weighted by atomic mass is 16.1. The van der Waals surface area contributed by atoms with E-state index in [-0.39, 0.29) is 5.91 Å². The van der Waals surface area contributed by atoms with Gasteiger partial charge in [0.15, 0.2) is 0 Å². The average molecular weight is 245 g/mol. The maximum absolute atomic E-state index is 11.7. The molecule has 0 atom stereocenters. The third-order valence-corrected chi connectivity index (χ3v) is 2.98. The number of hydrogen-bond acceptors (Lipinski definition) is 2. The molecule has 1 heterocycles. The van der Waals surface area contributed by atoms with E-state index < -0.39 is 0 Å². The van der Waals surface area contributed by atoms with E-state index in [0.29, 0.717) is 13.1 Å². The van der Waals surface area contributed by atoms with E-state index in [1.54, 1.807) is 0 Å². The van der Waals surface area contributed by atoms with Crippen molar-refractivity contribution in [1.29, 1.82) is 0 Å². The number of carbonyl (C=O) groups is 1. The fraction of sp³-hybridized carbons (Fsp3) is 0.357. The lowest BCUT2D eigenvalue weighted by molar-refractivity contribution is -0.121. The second-order valence-corrected chi connectivity index (χ2v) is 4.35. The summed E-state index contributed by atoms with van der Waals surface area (Å²) in [6.07, 6.45) is 2.92. The Hall–Kier alpha value is -1.81. The van der Waals surface area contributed by atoms with Crippen LogP contribution < -0.4 is 11.1 Å². The van der Waals surface area contributed by atoms with E-state index in [1.807, 2.05) is 42.0 Å². The maximum atomic E-state index is 11.7. The number of nitrogens with two attached hydrogens (primary N) is 1. The summed E-state index contributed by atoms with van der Waals surface area (Å²) in [6, 6.07) is 8.02. The number of para-hydroxylation sites is 1. The van der Waals surface area contributed by atoms with Gasteiger partial charge in [-0.15, -0.1) is 0 Å². The van der Waals surface area contributed by atoms with Crippen LogP contribution in [-0.2, 0) is 17.9 Å². The summed E-state index contributed by atoms with van der Waals surface area (Å²) < 4.78 is 1.96. The summed E-state index contributed by atoms with van der Waals surface area (Å²) in [5.74, 6) is 0.0428. The van der Waals surface area contributed by atoms with Crippen molar-refractivity contribution >= 4 is 16.8 Å². The zero-order valence-corrected chi connectivity index (χ0v) is 10.6. The average Bonchev–Trinajstić information content (AvgIpc) is 2.75. The molecule has 0 spiro atoms. The molecule has 0 aliphatic rings. The Balaban J connectivity index is 2.25. The van der Waals surface area contributed by atoms with Crippen LogP contribution in [-0.4, -0.2) is 17.0 Å². The maximum Gasteiger partial charge on any atom is 0.239 e. The Morgan fingerprint density at radius 2 is 2.17 bits per heavy atom. The summed E-state index contributed by atoms with van der Waals surface area (Å²) in [7, 11) is 0. The van der Waals surface area contributed by atoms with E-state index >= 15 is 0 Å². The molecule has 2 aromatic rings. The van der Waals surface area contributed by atoms with Crippen LogP contribution in [0.25, 0.3) is 10.9 Å². The minimum Gasteiger partial charge on any atom is -0.355 e. The van der Waals surface area contributed by atoms with Crippen molar-refractivity contribution in [1.82, 2.24) is 9.88 Å². The van der Waals surface area contributed by atoms with Gasteiger partial charge in [0.05, 0.1) is 0 Å². The third kappa shape index (κ3) is 2.54. The highest BCUT2D eigenvalue weighted by molar-refractivity contribution is 5.86. The molecule has 0 unspecified atom stereocenters. The van der Waals surface area contributed by atoms with Crippen LogP contribution in [0.4, 0.5) is 0 Å². The van der Waals surface area contributed by atoms with Crippen molar-refractivity contribution < 1.29 is 4.79 Å². The summed E-state index contributed by atoms with van der Waals surface area (Å²) in [5.41, 5.74) is 7.86. The minimum absolute atomic E-state index is 0.0428. The van der Waals surface area contributed by atoms with Crippen LogP contribution in [0.5, 0.6) is 0 Å². The fourth-order valence-corrected chi connectivity index (χ4v) is 2.09. The second kappa shape index (κ2) is 5.69. The van der Waals surface area contributed by atoms with E-state index in [2.05, 4.69) is 5.32 Å². The molecule has 96 valence electrons. The van der Waals surface area contributed by atoms with Gasteiger partial charge in [0, 0.05) is 30.2 Å². The predicted octanol–water partition coefficient (Wildman–Crippen LogP) is 1.63. The molecule has 4 heteroatoms. The molecule has 1 aromatic heterocycles. The SMILES string of the molecule is CCCNC(=O)Cn1cc(CN)c2ccccc21. The monoisotopic (exact) mass is 245 g/mol. The van der Waals surface area contributed by atoms with Crippen molar-refractivity contribution in [3.63, 3.8) is 0 Å². The van der Waals surface area contributed by atoms with Crippen LogP contribution in [0.2, 0.25) is 0 Å². The Bertz CT molecular complexity index is 545. The minimum atomic E-state index is 0.0428. The summed E-state index contributed by atoms with van der Waals surface area (Å²) in [6.45, 7) is 3.60. The first kappa shape index (κ1) is 12.6. The molecule has 0 bridgehead atoms. The number of aromatic nitrogens is 1.